The summed E-state index contributed by atoms with van der Waals surface area (Å²) in [5.41, 5.74) is 12.6. The molecule has 2 aromatic rings. The van der Waals surface area contributed by atoms with E-state index in [1.807, 2.05) is 0 Å². The number of ketones is 1. The number of anilines is 2. The first-order valence-electron chi connectivity index (χ1n) is 4.80. The van der Waals surface area contributed by atoms with Gasteiger partial charge in [0.15, 0.2) is 5.78 Å². The van der Waals surface area contributed by atoms with Crippen LogP contribution in [0, 0.1) is 0 Å². The third-order valence-corrected chi connectivity index (χ3v) is 2.29. The fourth-order valence-corrected chi connectivity index (χ4v) is 1.46. The lowest BCUT2D eigenvalue weighted by molar-refractivity contribution is 0.104. The van der Waals surface area contributed by atoms with Crippen molar-refractivity contribution in [3.05, 3.63) is 53.7 Å². The summed E-state index contributed by atoms with van der Waals surface area (Å²) in [6.45, 7) is 0. The number of hydrogen-bond acceptors (Lipinski definition) is 4. The van der Waals surface area contributed by atoms with Crippen molar-refractivity contribution in [1.82, 2.24) is 4.98 Å². The molecule has 0 bridgehead atoms. The van der Waals surface area contributed by atoms with Gasteiger partial charge in [-0.2, -0.15) is 0 Å². The number of carbonyl (C=O) groups is 1. The summed E-state index contributed by atoms with van der Waals surface area (Å²) in [6, 6.07) is 10.2. The molecule has 0 unspecified atom stereocenters. The zero-order valence-electron chi connectivity index (χ0n) is 8.55. The van der Waals surface area contributed by atoms with Crippen LogP contribution in [-0.2, 0) is 0 Å². The highest BCUT2D eigenvalue weighted by molar-refractivity contribution is 6.14. The van der Waals surface area contributed by atoms with E-state index in [1.54, 1.807) is 42.6 Å². The molecule has 80 valence electrons. The first-order chi connectivity index (χ1) is 7.70. The van der Waals surface area contributed by atoms with Crippen LogP contribution >= 0.6 is 0 Å². The van der Waals surface area contributed by atoms with Gasteiger partial charge in [-0.1, -0.05) is 12.1 Å². The Kier molecular flexibility index (Phi) is 2.55. The molecule has 0 saturated heterocycles. The molecule has 1 heterocycles. The first-order valence-corrected chi connectivity index (χ1v) is 4.80. The summed E-state index contributed by atoms with van der Waals surface area (Å²) in [5.74, 6) is 0.0134. The molecule has 4 N–H and O–H groups in total. The van der Waals surface area contributed by atoms with Crippen molar-refractivity contribution in [1.29, 1.82) is 0 Å². The Morgan fingerprint density at radius 2 is 1.69 bits per heavy atom. The molecule has 4 heteroatoms. The lowest BCUT2D eigenvalue weighted by Crippen LogP contribution is -2.08. The molecule has 0 spiro atoms. The van der Waals surface area contributed by atoms with Crippen molar-refractivity contribution < 1.29 is 4.79 Å². The van der Waals surface area contributed by atoms with Gasteiger partial charge >= 0.3 is 0 Å². The van der Waals surface area contributed by atoms with Gasteiger partial charge in [0, 0.05) is 17.4 Å². The lowest BCUT2D eigenvalue weighted by atomic mass is 10.0. The molecule has 0 atom stereocenters. The minimum Gasteiger partial charge on any atom is -0.398 e. The minimum absolute atomic E-state index is 0.205. The standard InChI is InChI=1S/C12H11N3O/c13-10-6-2-1-4-8(10)11(16)9-5-3-7-15-12(9)14/h1-7H,13H2,(H2,14,15). The number of nitrogens with two attached hydrogens (primary N) is 2. The van der Waals surface area contributed by atoms with Gasteiger partial charge in [-0.25, -0.2) is 4.98 Å². The van der Waals surface area contributed by atoms with Crippen molar-refractivity contribution in [2.24, 2.45) is 0 Å². The van der Waals surface area contributed by atoms with Crippen molar-refractivity contribution in [2.45, 2.75) is 0 Å². The van der Waals surface area contributed by atoms with E-state index < -0.39 is 0 Å². The van der Waals surface area contributed by atoms with E-state index in [9.17, 15) is 4.79 Å². The number of para-hydroxylation sites is 1. The molecule has 0 fully saturated rings. The van der Waals surface area contributed by atoms with Crippen molar-refractivity contribution >= 4 is 17.3 Å². The largest absolute Gasteiger partial charge is 0.398 e. The topological polar surface area (TPSA) is 82.0 Å². The van der Waals surface area contributed by atoms with Crippen LogP contribution in [0.5, 0.6) is 0 Å². The minimum atomic E-state index is -0.205. The van der Waals surface area contributed by atoms with Gasteiger partial charge in [0.2, 0.25) is 0 Å². The predicted octanol–water partition coefficient (Wildman–Crippen LogP) is 1.48. The number of benzene rings is 1. The van der Waals surface area contributed by atoms with Gasteiger partial charge in [-0.3, -0.25) is 4.79 Å². The maximum atomic E-state index is 12.1. The van der Waals surface area contributed by atoms with Gasteiger partial charge < -0.3 is 11.5 Å². The number of nitrogens with zero attached hydrogens (tertiary/aromatic N) is 1. The number of rotatable bonds is 2. The normalized spacial score (nSPS) is 10.0. The lowest BCUT2D eigenvalue weighted by Gasteiger charge is -2.05. The van der Waals surface area contributed by atoms with Crippen LogP contribution in [0.1, 0.15) is 15.9 Å². The SMILES string of the molecule is Nc1ccccc1C(=O)c1cccnc1N. The molecule has 4 nitrogen and oxygen atoms in total. The zero-order chi connectivity index (χ0) is 11.5. The molecule has 1 aromatic carbocycles. The van der Waals surface area contributed by atoms with E-state index in [2.05, 4.69) is 4.98 Å². The van der Waals surface area contributed by atoms with E-state index in [1.165, 1.54) is 0 Å². The van der Waals surface area contributed by atoms with Crippen LogP contribution in [0.2, 0.25) is 0 Å². The Morgan fingerprint density at radius 3 is 2.38 bits per heavy atom. The molecule has 0 amide bonds. The molecule has 2 rings (SSSR count). The molecule has 0 aliphatic rings. The molecule has 16 heavy (non-hydrogen) atoms. The Bertz CT molecular complexity index is 490. The Morgan fingerprint density at radius 1 is 1.00 bits per heavy atom. The molecule has 0 aliphatic carbocycles. The Labute approximate surface area is 92.9 Å². The number of pyridine rings is 1. The fraction of sp³-hybridized carbons (Fsp3) is 0. The third-order valence-electron chi connectivity index (χ3n) is 2.29. The van der Waals surface area contributed by atoms with E-state index in [-0.39, 0.29) is 11.6 Å². The number of nitrogen functional groups attached to an aromatic ring is 2. The van der Waals surface area contributed by atoms with Gasteiger partial charge in [0.05, 0.1) is 5.56 Å². The second kappa shape index (κ2) is 4.02. The molecule has 0 radical (unpaired) electrons. The second-order valence-corrected chi connectivity index (χ2v) is 3.35. The molecule has 0 saturated carbocycles. The molecular formula is C12H11N3O. The van der Waals surface area contributed by atoms with E-state index in [0.717, 1.165) is 0 Å². The second-order valence-electron chi connectivity index (χ2n) is 3.35. The van der Waals surface area contributed by atoms with E-state index >= 15 is 0 Å². The Hall–Kier alpha value is -2.36. The maximum absolute atomic E-state index is 12.1. The molecule has 0 aliphatic heterocycles. The van der Waals surface area contributed by atoms with Crippen LogP contribution in [-0.4, -0.2) is 10.8 Å². The summed E-state index contributed by atoms with van der Waals surface area (Å²) in [4.78, 5) is 16.0. The van der Waals surface area contributed by atoms with Gasteiger partial charge in [-0.15, -0.1) is 0 Å². The van der Waals surface area contributed by atoms with Crippen LogP contribution < -0.4 is 11.5 Å². The monoisotopic (exact) mass is 213 g/mol. The van der Waals surface area contributed by atoms with Gasteiger partial charge in [0.1, 0.15) is 5.82 Å². The van der Waals surface area contributed by atoms with Crippen molar-refractivity contribution in [2.75, 3.05) is 11.5 Å². The summed E-state index contributed by atoms with van der Waals surface area (Å²) in [5, 5.41) is 0. The van der Waals surface area contributed by atoms with Crippen LogP contribution in [0.25, 0.3) is 0 Å². The van der Waals surface area contributed by atoms with E-state index in [4.69, 9.17) is 11.5 Å². The third kappa shape index (κ3) is 1.72. The average molecular weight is 213 g/mol. The van der Waals surface area contributed by atoms with Gasteiger partial charge in [-0.05, 0) is 24.3 Å². The summed E-state index contributed by atoms with van der Waals surface area (Å²) in [7, 11) is 0. The molecule has 1 aromatic heterocycles. The number of carbonyl (C=O) groups excluding carboxylic acids is 1. The summed E-state index contributed by atoms with van der Waals surface area (Å²) >= 11 is 0. The fourth-order valence-electron chi connectivity index (χ4n) is 1.46. The van der Waals surface area contributed by atoms with E-state index in [0.29, 0.717) is 16.8 Å². The quantitative estimate of drug-likeness (QED) is 0.584. The van der Waals surface area contributed by atoms with Crippen molar-refractivity contribution in [3.63, 3.8) is 0 Å². The first kappa shape index (κ1) is 10.2. The smallest absolute Gasteiger partial charge is 0.198 e. The van der Waals surface area contributed by atoms with Crippen LogP contribution in [0.15, 0.2) is 42.6 Å². The number of hydrogen-bond donors (Lipinski definition) is 2. The zero-order valence-corrected chi connectivity index (χ0v) is 8.55. The highest BCUT2D eigenvalue weighted by Gasteiger charge is 2.14. The van der Waals surface area contributed by atoms with Crippen LogP contribution in [0.3, 0.4) is 0 Å². The summed E-state index contributed by atoms with van der Waals surface area (Å²) in [6.07, 6.45) is 1.54. The highest BCUT2D eigenvalue weighted by Crippen LogP contribution is 2.18. The van der Waals surface area contributed by atoms with Crippen LogP contribution in [0.4, 0.5) is 11.5 Å². The molecular weight excluding hydrogens is 202 g/mol. The Balaban J connectivity index is 2.48. The van der Waals surface area contributed by atoms with Crippen molar-refractivity contribution in [3.8, 4) is 0 Å². The van der Waals surface area contributed by atoms with Gasteiger partial charge in [0.25, 0.3) is 0 Å². The average Bonchev–Trinajstić information content (AvgIpc) is 2.29. The number of aromatic nitrogens is 1. The highest BCUT2D eigenvalue weighted by atomic mass is 16.1. The maximum Gasteiger partial charge on any atom is 0.198 e. The summed E-state index contributed by atoms with van der Waals surface area (Å²) < 4.78 is 0. The predicted molar refractivity (Wildman–Crippen MR) is 62.9 cm³/mol.